The molecule has 2 heterocycles. The summed E-state index contributed by atoms with van der Waals surface area (Å²) in [7, 11) is 0. The first-order valence-corrected chi connectivity index (χ1v) is 7.66. The fourth-order valence-electron chi connectivity index (χ4n) is 2.77. The molecule has 0 saturated carbocycles. The van der Waals surface area contributed by atoms with Gasteiger partial charge in [-0.1, -0.05) is 13.0 Å². The fourth-order valence-corrected chi connectivity index (χ4v) is 2.77. The van der Waals surface area contributed by atoms with Crippen molar-refractivity contribution >= 4 is 0 Å². The first-order valence-electron chi connectivity index (χ1n) is 7.66. The third-order valence-electron chi connectivity index (χ3n) is 4.23. The predicted molar refractivity (Wildman–Crippen MR) is 85.4 cm³/mol. The highest BCUT2D eigenvalue weighted by molar-refractivity contribution is 5.31. The Morgan fingerprint density at radius 1 is 1.27 bits per heavy atom. The summed E-state index contributed by atoms with van der Waals surface area (Å²) in [5.74, 6) is -2.41. The molecule has 0 bridgehead atoms. The number of aliphatic hydroxyl groups is 1. The third-order valence-corrected chi connectivity index (χ3v) is 4.23. The maximum Gasteiger partial charge on any atom is 0.144 e. The van der Waals surface area contributed by atoms with Crippen LogP contribution in [0.15, 0.2) is 43.2 Å². The van der Waals surface area contributed by atoms with Crippen LogP contribution in [0.5, 0.6) is 0 Å². The van der Waals surface area contributed by atoms with Gasteiger partial charge in [-0.2, -0.15) is 10.4 Å². The molecule has 26 heavy (non-hydrogen) atoms. The number of aromatic nitrogens is 5. The number of halogens is 2. The van der Waals surface area contributed by atoms with Crippen molar-refractivity contribution in [2.75, 3.05) is 0 Å². The molecule has 0 saturated heterocycles. The third kappa shape index (κ3) is 3.27. The summed E-state index contributed by atoms with van der Waals surface area (Å²) in [4.78, 5) is 11.7. The number of hydrogen-bond donors (Lipinski definition) is 1. The minimum atomic E-state index is -1.83. The van der Waals surface area contributed by atoms with Crippen molar-refractivity contribution in [3.05, 3.63) is 71.8 Å². The first kappa shape index (κ1) is 17.6. The Balaban J connectivity index is 2.11. The molecule has 2 unspecified atom stereocenters. The lowest BCUT2D eigenvalue weighted by atomic mass is 9.79. The van der Waals surface area contributed by atoms with Gasteiger partial charge in [0.1, 0.15) is 48.0 Å². The Bertz CT molecular complexity index is 956. The van der Waals surface area contributed by atoms with Crippen molar-refractivity contribution in [2.24, 2.45) is 0 Å². The first-order chi connectivity index (χ1) is 12.4. The van der Waals surface area contributed by atoms with E-state index >= 15 is 0 Å². The highest BCUT2D eigenvalue weighted by Gasteiger charge is 2.40. The lowest BCUT2D eigenvalue weighted by Gasteiger charge is -2.34. The van der Waals surface area contributed by atoms with Gasteiger partial charge in [-0.15, -0.1) is 0 Å². The van der Waals surface area contributed by atoms with E-state index in [1.165, 1.54) is 35.8 Å². The summed E-state index contributed by atoms with van der Waals surface area (Å²) in [5, 5.41) is 24.4. The molecule has 0 aliphatic heterocycles. The summed E-state index contributed by atoms with van der Waals surface area (Å²) in [5.41, 5.74) is -1.49. The smallest absolute Gasteiger partial charge is 0.144 e. The van der Waals surface area contributed by atoms with Gasteiger partial charge in [0, 0.05) is 17.5 Å². The summed E-state index contributed by atoms with van der Waals surface area (Å²) < 4.78 is 29.1. The molecule has 0 aliphatic rings. The van der Waals surface area contributed by atoms with Gasteiger partial charge in [0.2, 0.25) is 0 Å². The number of nitriles is 1. The van der Waals surface area contributed by atoms with Crippen molar-refractivity contribution in [3.8, 4) is 6.07 Å². The average Bonchev–Trinajstić information content (AvgIpc) is 3.13. The largest absolute Gasteiger partial charge is 0.382 e. The molecule has 0 amide bonds. The molecule has 2 atom stereocenters. The van der Waals surface area contributed by atoms with Gasteiger partial charge in [-0.05, 0) is 12.1 Å². The van der Waals surface area contributed by atoms with E-state index in [-0.39, 0.29) is 17.8 Å². The SMILES string of the molecule is CC(c1cc(C#N)ncn1)C(O)(Cn1cncn1)c1ccc(F)cc1F. The molecule has 0 radical (unpaired) electrons. The van der Waals surface area contributed by atoms with Crippen LogP contribution in [0.25, 0.3) is 0 Å². The lowest BCUT2D eigenvalue weighted by Crippen LogP contribution is -2.38. The van der Waals surface area contributed by atoms with Gasteiger partial charge in [0.15, 0.2) is 0 Å². The Morgan fingerprint density at radius 2 is 2.08 bits per heavy atom. The second-order valence-electron chi connectivity index (χ2n) is 5.80. The van der Waals surface area contributed by atoms with Gasteiger partial charge in [-0.25, -0.2) is 28.4 Å². The van der Waals surface area contributed by atoms with Gasteiger partial charge in [0.25, 0.3) is 0 Å². The van der Waals surface area contributed by atoms with Crippen LogP contribution in [0.4, 0.5) is 8.78 Å². The lowest BCUT2D eigenvalue weighted by molar-refractivity contribution is -0.0123. The van der Waals surface area contributed by atoms with Crippen LogP contribution in [0.1, 0.15) is 29.8 Å². The van der Waals surface area contributed by atoms with Crippen LogP contribution in [-0.4, -0.2) is 29.8 Å². The fraction of sp³-hybridized carbons (Fsp3) is 0.235. The number of nitrogens with zero attached hydrogens (tertiary/aromatic N) is 6. The Hall–Kier alpha value is -3.25. The molecule has 3 aromatic rings. The second kappa shape index (κ2) is 6.93. The van der Waals surface area contributed by atoms with Crippen molar-refractivity contribution in [3.63, 3.8) is 0 Å². The Kier molecular flexibility index (Phi) is 4.69. The second-order valence-corrected chi connectivity index (χ2v) is 5.80. The number of rotatable bonds is 5. The van der Waals surface area contributed by atoms with Gasteiger partial charge >= 0.3 is 0 Å². The van der Waals surface area contributed by atoms with Crippen molar-refractivity contribution < 1.29 is 13.9 Å². The van der Waals surface area contributed by atoms with E-state index in [9.17, 15) is 13.9 Å². The Labute approximate surface area is 147 Å². The predicted octanol–water partition coefficient (Wildman–Crippen LogP) is 1.91. The zero-order valence-corrected chi connectivity index (χ0v) is 13.7. The summed E-state index contributed by atoms with van der Waals surface area (Å²) in [6.07, 6.45) is 3.85. The molecular formula is C17H14F2N6O. The molecule has 1 N–H and O–H groups in total. The van der Waals surface area contributed by atoms with Crippen LogP contribution in [0.2, 0.25) is 0 Å². The zero-order valence-electron chi connectivity index (χ0n) is 13.7. The summed E-state index contributed by atoms with van der Waals surface area (Å²) >= 11 is 0. The Morgan fingerprint density at radius 3 is 2.73 bits per heavy atom. The van der Waals surface area contributed by atoms with E-state index in [1.807, 2.05) is 6.07 Å². The quantitative estimate of drug-likeness (QED) is 0.749. The average molecular weight is 356 g/mol. The summed E-state index contributed by atoms with van der Waals surface area (Å²) in [6, 6.07) is 6.26. The number of benzene rings is 1. The molecule has 132 valence electrons. The zero-order chi connectivity index (χ0) is 18.7. The number of hydrogen-bond acceptors (Lipinski definition) is 6. The van der Waals surface area contributed by atoms with Crippen molar-refractivity contribution in [2.45, 2.75) is 25.0 Å². The van der Waals surface area contributed by atoms with Gasteiger partial charge in [-0.3, -0.25) is 0 Å². The van der Waals surface area contributed by atoms with E-state index in [0.717, 1.165) is 6.07 Å². The van der Waals surface area contributed by atoms with E-state index in [2.05, 4.69) is 20.1 Å². The topological polar surface area (TPSA) is 101 Å². The van der Waals surface area contributed by atoms with Crippen LogP contribution in [-0.2, 0) is 12.1 Å². The van der Waals surface area contributed by atoms with Gasteiger partial charge in [0.05, 0.1) is 12.2 Å². The molecule has 7 nitrogen and oxygen atoms in total. The maximum atomic E-state index is 14.5. The van der Waals surface area contributed by atoms with E-state index in [1.54, 1.807) is 6.92 Å². The molecular weight excluding hydrogens is 342 g/mol. The minimum absolute atomic E-state index is 0.112. The summed E-state index contributed by atoms with van der Waals surface area (Å²) in [6.45, 7) is 1.48. The highest BCUT2D eigenvalue weighted by Crippen LogP contribution is 2.38. The molecule has 1 aromatic carbocycles. The standard InChI is InChI=1S/C17H14F2N6O/c1-11(16-5-13(6-20)22-9-23-16)17(26,7-25-10-21-8-24-25)14-3-2-12(18)4-15(14)19/h2-5,8-11,26H,7H2,1H3. The normalized spacial score (nSPS) is 14.4. The van der Waals surface area contributed by atoms with E-state index < -0.39 is 23.2 Å². The molecule has 9 heteroatoms. The van der Waals surface area contributed by atoms with E-state index in [4.69, 9.17) is 5.26 Å². The monoisotopic (exact) mass is 356 g/mol. The molecule has 2 aromatic heterocycles. The van der Waals surface area contributed by atoms with Crippen LogP contribution in [0.3, 0.4) is 0 Å². The van der Waals surface area contributed by atoms with Crippen molar-refractivity contribution in [1.82, 2.24) is 24.7 Å². The molecule has 0 fully saturated rings. The van der Waals surface area contributed by atoms with E-state index in [0.29, 0.717) is 11.8 Å². The van der Waals surface area contributed by atoms with Crippen LogP contribution < -0.4 is 0 Å². The highest BCUT2D eigenvalue weighted by atomic mass is 19.1. The molecule has 0 spiro atoms. The minimum Gasteiger partial charge on any atom is -0.382 e. The molecule has 0 aliphatic carbocycles. The maximum absolute atomic E-state index is 14.5. The van der Waals surface area contributed by atoms with Gasteiger partial charge < -0.3 is 5.11 Å². The van der Waals surface area contributed by atoms with Crippen molar-refractivity contribution in [1.29, 1.82) is 5.26 Å². The van der Waals surface area contributed by atoms with Crippen LogP contribution in [0, 0.1) is 23.0 Å². The van der Waals surface area contributed by atoms with Crippen LogP contribution >= 0.6 is 0 Å². The molecule has 3 rings (SSSR count).